The minimum atomic E-state index is -4.67. The molecule has 2 rings (SSSR count). The summed E-state index contributed by atoms with van der Waals surface area (Å²) >= 11 is 0. The quantitative estimate of drug-likeness (QED) is 0.920. The Morgan fingerprint density at radius 3 is 2.63 bits per heavy atom. The molecule has 1 aromatic heterocycles. The Morgan fingerprint density at radius 1 is 1.11 bits per heavy atom. The zero-order chi connectivity index (χ0) is 13.7. The SMILES string of the molecule is FC(F)(F)Oc1cccc(CNc2ccccn2)c1. The van der Waals surface area contributed by atoms with E-state index in [9.17, 15) is 13.2 Å². The van der Waals surface area contributed by atoms with Crippen LogP contribution in [-0.2, 0) is 6.54 Å². The van der Waals surface area contributed by atoms with Crippen molar-refractivity contribution in [1.29, 1.82) is 0 Å². The topological polar surface area (TPSA) is 34.1 Å². The molecule has 19 heavy (non-hydrogen) atoms. The van der Waals surface area contributed by atoms with Gasteiger partial charge < -0.3 is 10.1 Å². The third kappa shape index (κ3) is 4.50. The van der Waals surface area contributed by atoms with E-state index in [-0.39, 0.29) is 5.75 Å². The van der Waals surface area contributed by atoms with Gasteiger partial charge in [0.2, 0.25) is 0 Å². The van der Waals surface area contributed by atoms with Gasteiger partial charge in [-0.2, -0.15) is 0 Å². The van der Waals surface area contributed by atoms with Gasteiger partial charge >= 0.3 is 6.36 Å². The normalized spacial score (nSPS) is 11.1. The van der Waals surface area contributed by atoms with E-state index in [2.05, 4.69) is 15.0 Å². The largest absolute Gasteiger partial charge is 0.573 e. The summed E-state index contributed by atoms with van der Waals surface area (Å²) in [6, 6.07) is 11.2. The van der Waals surface area contributed by atoms with Crippen molar-refractivity contribution < 1.29 is 17.9 Å². The highest BCUT2D eigenvalue weighted by Crippen LogP contribution is 2.23. The minimum Gasteiger partial charge on any atom is -0.406 e. The van der Waals surface area contributed by atoms with E-state index < -0.39 is 6.36 Å². The fraction of sp³-hybridized carbons (Fsp3) is 0.154. The molecule has 0 saturated carbocycles. The summed E-state index contributed by atoms with van der Waals surface area (Å²) in [4.78, 5) is 4.05. The second-order valence-electron chi connectivity index (χ2n) is 3.76. The smallest absolute Gasteiger partial charge is 0.406 e. The second-order valence-corrected chi connectivity index (χ2v) is 3.76. The van der Waals surface area contributed by atoms with Gasteiger partial charge in [0, 0.05) is 12.7 Å². The molecule has 2 aromatic rings. The molecule has 1 heterocycles. The lowest BCUT2D eigenvalue weighted by Gasteiger charge is -2.10. The first-order valence-corrected chi connectivity index (χ1v) is 5.52. The first-order valence-electron chi connectivity index (χ1n) is 5.52. The molecule has 0 atom stereocenters. The Labute approximate surface area is 108 Å². The molecule has 0 aliphatic heterocycles. The zero-order valence-corrected chi connectivity index (χ0v) is 9.82. The van der Waals surface area contributed by atoms with Gasteiger partial charge in [0.15, 0.2) is 0 Å². The lowest BCUT2D eigenvalue weighted by atomic mass is 10.2. The molecule has 0 aliphatic rings. The molecule has 0 unspecified atom stereocenters. The monoisotopic (exact) mass is 268 g/mol. The first-order chi connectivity index (χ1) is 9.03. The molecule has 1 N–H and O–H groups in total. The number of ether oxygens (including phenoxy) is 1. The van der Waals surface area contributed by atoms with Crippen LogP contribution in [0.3, 0.4) is 0 Å². The molecule has 0 amide bonds. The van der Waals surface area contributed by atoms with Crippen molar-refractivity contribution in [1.82, 2.24) is 4.98 Å². The van der Waals surface area contributed by atoms with Crippen LogP contribution in [0.2, 0.25) is 0 Å². The maximum Gasteiger partial charge on any atom is 0.573 e. The van der Waals surface area contributed by atoms with Crippen LogP contribution < -0.4 is 10.1 Å². The molecular weight excluding hydrogens is 257 g/mol. The molecule has 0 spiro atoms. The Bertz CT molecular complexity index is 529. The maximum atomic E-state index is 12.1. The Kier molecular flexibility index (Phi) is 3.89. The molecule has 0 fully saturated rings. The number of halogens is 3. The third-order valence-electron chi connectivity index (χ3n) is 2.27. The van der Waals surface area contributed by atoms with Crippen LogP contribution in [0.1, 0.15) is 5.56 Å². The molecule has 6 heteroatoms. The second kappa shape index (κ2) is 5.60. The van der Waals surface area contributed by atoms with Crippen molar-refractivity contribution in [3.63, 3.8) is 0 Å². The first kappa shape index (κ1) is 13.2. The highest BCUT2D eigenvalue weighted by Gasteiger charge is 2.31. The summed E-state index contributed by atoms with van der Waals surface area (Å²) in [7, 11) is 0. The number of aromatic nitrogens is 1. The van der Waals surface area contributed by atoms with Crippen LogP contribution in [-0.4, -0.2) is 11.3 Å². The average Bonchev–Trinajstić information content (AvgIpc) is 2.36. The molecule has 100 valence electrons. The summed E-state index contributed by atoms with van der Waals surface area (Å²) in [6.07, 6.45) is -3.04. The molecule has 0 bridgehead atoms. The van der Waals surface area contributed by atoms with Crippen LogP contribution in [0.15, 0.2) is 48.7 Å². The number of anilines is 1. The molecule has 0 radical (unpaired) electrons. The minimum absolute atomic E-state index is 0.229. The molecule has 3 nitrogen and oxygen atoms in total. The highest BCUT2D eigenvalue weighted by molar-refractivity contribution is 5.36. The number of benzene rings is 1. The van der Waals surface area contributed by atoms with E-state index in [4.69, 9.17) is 0 Å². The van der Waals surface area contributed by atoms with Crippen molar-refractivity contribution in [3.05, 3.63) is 54.2 Å². The standard InChI is InChI=1S/C13H11F3N2O/c14-13(15,16)19-11-5-3-4-10(8-11)9-18-12-6-1-2-7-17-12/h1-8H,9H2,(H,17,18). The number of hydrogen-bond donors (Lipinski definition) is 1. The zero-order valence-electron chi connectivity index (χ0n) is 9.82. The average molecular weight is 268 g/mol. The van der Waals surface area contributed by atoms with Gasteiger partial charge in [0.25, 0.3) is 0 Å². The maximum absolute atomic E-state index is 12.1. The van der Waals surface area contributed by atoms with Gasteiger partial charge in [-0.15, -0.1) is 13.2 Å². The lowest BCUT2D eigenvalue weighted by molar-refractivity contribution is -0.274. The van der Waals surface area contributed by atoms with Crippen molar-refractivity contribution >= 4 is 5.82 Å². The van der Waals surface area contributed by atoms with E-state index >= 15 is 0 Å². The number of pyridine rings is 1. The van der Waals surface area contributed by atoms with Crippen LogP contribution >= 0.6 is 0 Å². The molecule has 0 saturated heterocycles. The summed E-state index contributed by atoms with van der Waals surface area (Å²) in [5, 5.41) is 3.00. The predicted molar refractivity (Wildman–Crippen MR) is 64.7 cm³/mol. The van der Waals surface area contributed by atoms with Crippen molar-refractivity contribution in [2.45, 2.75) is 12.9 Å². The van der Waals surface area contributed by atoms with Crippen molar-refractivity contribution in [2.24, 2.45) is 0 Å². The highest BCUT2D eigenvalue weighted by atomic mass is 19.4. The number of nitrogens with zero attached hydrogens (tertiary/aromatic N) is 1. The summed E-state index contributed by atoms with van der Waals surface area (Å²) < 4.78 is 40.1. The lowest BCUT2D eigenvalue weighted by Crippen LogP contribution is -2.17. The van der Waals surface area contributed by atoms with E-state index in [1.165, 1.54) is 18.2 Å². The Morgan fingerprint density at radius 2 is 1.95 bits per heavy atom. The van der Waals surface area contributed by atoms with E-state index in [0.29, 0.717) is 17.9 Å². The number of hydrogen-bond acceptors (Lipinski definition) is 3. The summed E-state index contributed by atoms with van der Waals surface area (Å²) in [6.45, 7) is 0.367. The van der Waals surface area contributed by atoms with Gasteiger partial charge in [0.1, 0.15) is 11.6 Å². The fourth-order valence-corrected chi connectivity index (χ4v) is 1.51. The number of nitrogens with one attached hydrogen (secondary N) is 1. The summed E-state index contributed by atoms with van der Waals surface area (Å²) in [5.41, 5.74) is 0.674. The van der Waals surface area contributed by atoms with Gasteiger partial charge in [0.05, 0.1) is 0 Å². The number of alkyl halides is 3. The molecule has 0 aliphatic carbocycles. The Balaban J connectivity index is 1.99. The van der Waals surface area contributed by atoms with Gasteiger partial charge in [-0.05, 0) is 29.8 Å². The van der Waals surface area contributed by atoms with Crippen LogP contribution in [0, 0.1) is 0 Å². The summed E-state index contributed by atoms with van der Waals surface area (Å²) in [5.74, 6) is 0.428. The van der Waals surface area contributed by atoms with Gasteiger partial charge in [-0.25, -0.2) is 4.98 Å². The van der Waals surface area contributed by atoms with Crippen molar-refractivity contribution in [3.8, 4) is 5.75 Å². The molecule has 1 aromatic carbocycles. The van der Waals surface area contributed by atoms with E-state index in [1.807, 2.05) is 6.07 Å². The molecular formula is C13H11F3N2O. The van der Waals surface area contributed by atoms with Crippen LogP contribution in [0.4, 0.5) is 19.0 Å². The van der Waals surface area contributed by atoms with E-state index in [1.54, 1.807) is 24.4 Å². The third-order valence-corrected chi connectivity index (χ3v) is 2.27. The van der Waals surface area contributed by atoms with E-state index in [0.717, 1.165) is 0 Å². The predicted octanol–water partition coefficient (Wildman–Crippen LogP) is 3.59. The van der Waals surface area contributed by atoms with Gasteiger partial charge in [-0.3, -0.25) is 0 Å². The van der Waals surface area contributed by atoms with Crippen LogP contribution in [0.5, 0.6) is 5.75 Å². The fourth-order valence-electron chi connectivity index (χ4n) is 1.51. The van der Waals surface area contributed by atoms with Gasteiger partial charge in [-0.1, -0.05) is 18.2 Å². The Hall–Kier alpha value is -2.24. The van der Waals surface area contributed by atoms with Crippen molar-refractivity contribution in [2.75, 3.05) is 5.32 Å². The number of rotatable bonds is 4. The van der Waals surface area contributed by atoms with Crippen LogP contribution in [0.25, 0.3) is 0 Å².